The minimum Gasteiger partial charge on any atom is -0.476 e. The number of H-pyrrole nitrogens is 1. The van der Waals surface area contributed by atoms with Gasteiger partial charge in [-0.05, 0) is 30.5 Å². The van der Waals surface area contributed by atoms with Crippen LogP contribution in [0.15, 0.2) is 30.5 Å². The second-order valence-corrected chi connectivity index (χ2v) is 6.72. The molecule has 0 aliphatic heterocycles. The number of halogens is 3. The van der Waals surface area contributed by atoms with E-state index in [4.69, 9.17) is 10.5 Å². The Balaban J connectivity index is 1.97. The van der Waals surface area contributed by atoms with Gasteiger partial charge in [-0.15, -0.1) is 0 Å². The quantitative estimate of drug-likeness (QED) is 0.680. The summed E-state index contributed by atoms with van der Waals surface area (Å²) in [6.45, 7) is 4.23. The van der Waals surface area contributed by atoms with Gasteiger partial charge in [0.2, 0.25) is 5.88 Å². The van der Waals surface area contributed by atoms with Crippen LogP contribution in [0.5, 0.6) is 5.88 Å². The van der Waals surface area contributed by atoms with E-state index >= 15 is 0 Å². The number of nitrogens with one attached hydrogen (secondary N) is 1. The number of hydrogen-bond acceptors (Lipinski definition) is 5. The first-order chi connectivity index (χ1) is 12.8. The Hall–Kier alpha value is -2.68. The lowest BCUT2D eigenvalue weighted by Gasteiger charge is -2.16. The summed E-state index contributed by atoms with van der Waals surface area (Å²) in [5.74, 6) is 0.458. The summed E-state index contributed by atoms with van der Waals surface area (Å²) in [7, 11) is 0. The summed E-state index contributed by atoms with van der Waals surface area (Å²) >= 11 is 0. The lowest BCUT2D eigenvalue weighted by Crippen LogP contribution is -2.29. The van der Waals surface area contributed by atoms with Gasteiger partial charge in [0.25, 0.3) is 0 Å². The first kappa shape index (κ1) is 19.1. The van der Waals surface area contributed by atoms with Crippen LogP contribution in [0.3, 0.4) is 0 Å². The van der Waals surface area contributed by atoms with Crippen LogP contribution in [0, 0.1) is 5.92 Å². The van der Waals surface area contributed by atoms with Crippen LogP contribution >= 0.6 is 0 Å². The molecule has 0 saturated heterocycles. The van der Waals surface area contributed by atoms with Crippen LogP contribution in [0.25, 0.3) is 22.4 Å². The molecular weight excluding hydrogens is 359 g/mol. The van der Waals surface area contributed by atoms with Crippen molar-refractivity contribution in [1.82, 2.24) is 20.2 Å². The molecule has 0 amide bonds. The molecule has 3 heterocycles. The Kier molecular flexibility index (Phi) is 5.31. The van der Waals surface area contributed by atoms with Crippen molar-refractivity contribution in [2.24, 2.45) is 11.7 Å². The summed E-state index contributed by atoms with van der Waals surface area (Å²) in [6.07, 6.45) is -2.32. The highest BCUT2D eigenvalue weighted by molar-refractivity contribution is 5.90. The number of pyridine rings is 2. The zero-order valence-corrected chi connectivity index (χ0v) is 14.9. The molecule has 144 valence electrons. The highest BCUT2D eigenvalue weighted by atomic mass is 19.4. The zero-order chi connectivity index (χ0) is 19.6. The van der Waals surface area contributed by atoms with Crippen LogP contribution in [-0.4, -0.2) is 32.8 Å². The van der Waals surface area contributed by atoms with E-state index in [1.165, 1.54) is 12.3 Å². The Morgan fingerprint density at radius 3 is 2.67 bits per heavy atom. The lowest BCUT2D eigenvalue weighted by atomic mass is 10.1. The number of nitrogens with zero attached hydrogens (tertiary/aromatic N) is 3. The minimum atomic E-state index is -4.58. The van der Waals surface area contributed by atoms with Crippen molar-refractivity contribution in [3.05, 3.63) is 36.0 Å². The Morgan fingerprint density at radius 1 is 1.19 bits per heavy atom. The number of ether oxygens (including phenoxy) is 1. The van der Waals surface area contributed by atoms with Gasteiger partial charge < -0.3 is 10.5 Å². The summed E-state index contributed by atoms with van der Waals surface area (Å²) in [5, 5.41) is 7.06. The molecule has 3 aromatic rings. The van der Waals surface area contributed by atoms with Crippen molar-refractivity contribution in [3.8, 4) is 17.3 Å². The number of nitrogens with two attached hydrogens (primary N) is 1. The minimum absolute atomic E-state index is 0.0669. The fraction of sp³-hybridized carbons (Fsp3) is 0.389. The van der Waals surface area contributed by atoms with E-state index < -0.39 is 11.7 Å². The molecule has 0 aliphatic carbocycles. The third kappa shape index (κ3) is 4.36. The molecule has 3 rings (SSSR count). The molecule has 9 heteroatoms. The molecule has 0 radical (unpaired) electrons. The van der Waals surface area contributed by atoms with Crippen molar-refractivity contribution in [1.29, 1.82) is 0 Å². The predicted molar refractivity (Wildman–Crippen MR) is 95.0 cm³/mol. The van der Waals surface area contributed by atoms with Crippen molar-refractivity contribution < 1.29 is 17.9 Å². The second-order valence-electron chi connectivity index (χ2n) is 6.72. The molecule has 1 atom stereocenters. The van der Waals surface area contributed by atoms with Gasteiger partial charge in [0.1, 0.15) is 18.0 Å². The molecule has 0 fully saturated rings. The summed E-state index contributed by atoms with van der Waals surface area (Å²) in [5.41, 5.74) is 5.23. The van der Waals surface area contributed by atoms with Crippen molar-refractivity contribution in [3.63, 3.8) is 0 Å². The fourth-order valence-corrected chi connectivity index (χ4v) is 2.83. The standard InChI is InChI=1S/C18H20F3N5O/c1-10(2)8-11(22)9-27-14-6-5-13(18(19,20)21)16(24-14)15-12-4-3-7-23-17(12)26-25-15/h3-7,10-11H,8-9,22H2,1-2H3,(H,23,25,26)/t11-/m1/s1. The molecule has 0 saturated carbocycles. The molecule has 0 unspecified atom stereocenters. The number of rotatable bonds is 6. The van der Waals surface area contributed by atoms with E-state index in [-0.39, 0.29) is 29.9 Å². The topological polar surface area (TPSA) is 89.7 Å². The summed E-state index contributed by atoms with van der Waals surface area (Å²) in [4.78, 5) is 8.13. The normalized spacial score (nSPS) is 13.3. The van der Waals surface area contributed by atoms with E-state index in [9.17, 15) is 13.2 Å². The maximum atomic E-state index is 13.5. The van der Waals surface area contributed by atoms with Crippen LogP contribution in [0.4, 0.5) is 13.2 Å². The Morgan fingerprint density at radius 2 is 1.96 bits per heavy atom. The van der Waals surface area contributed by atoms with Crippen molar-refractivity contribution in [2.75, 3.05) is 6.61 Å². The molecule has 0 spiro atoms. The molecular formula is C18H20F3N5O. The smallest absolute Gasteiger partial charge is 0.418 e. The zero-order valence-electron chi connectivity index (χ0n) is 14.9. The summed E-state index contributed by atoms with van der Waals surface area (Å²) < 4.78 is 46.0. The first-order valence-corrected chi connectivity index (χ1v) is 8.51. The average Bonchev–Trinajstić information content (AvgIpc) is 3.02. The molecule has 3 aromatic heterocycles. The van der Waals surface area contributed by atoms with Gasteiger partial charge in [0, 0.05) is 23.7 Å². The third-order valence-electron chi connectivity index (χ3n) is 3.96. The molecule has 0 bridgehead atoms. The monoisotopic (exact) mass is 379 g/mol. The van der Waals surface area contributed by atoms with Gasteiger partial charge in [0.05, 0.1) is 5.56 Å². The lowest BCUT2D eigenvalue weighted by molar-refractivity contribution is -0.137. The van der Waals surface area contributed by atoms with Crippen LogP contribution in [0.1, 0.15) is 25.8 Å². The van der Waals surface area contributed by atoms with Gasteiger partial charge in [-0.1, -0.05) is 13.8 Å². The Labute approximate surface area is 154 Å². The molecule has 3 N–H and O–H groups in total. The maximum absolute atomic E-state index is 13.5. The highest BCUT2D eigenvalue weighted by Crippen LogP contribution is 2.38. The van der Waals surface area contributed by atoms with E-state index in [2.05, 4.69) is 20.2 Å². The van der Waals surface area contributed by atoms with Gasteiger partial charge in [-0.3, -0.25) is 5.10 Å². The fourth-order valence-electron chi connectivity index (χ4n) is 2.83. The largest absolute Gasteiger partial charge is 0.476 e. The van der Waals surface area contributed by atoms with E-state index in [0.717, 1.165) is 12.5 Å². The van der Waals surface area contributed by atoms with Crippen LogP contribution in [0.2, 0.25) is 0 Å². The van der Waals surface area contributed by atoms with E-state index in [0.29, 0.717) is 17.0 Å². The average molecular weight is 379 g/mol. The van der Waals surface area contributed by atoms with Gasteiger partial charge in [-0.2, -0.15) is 18.3 Å². The van der Waals surface area contributed by atoms with Crippen LogP contribution < -0.4 is 10.5 Å². The van der Waals surface area contributed by atoms with E-state index in [1.54, 1.807) is 12.1 Å². The third-order valence-corrected chi connectivity index (χ3v) is 3.96. The van der Waals surface area contributed by atoms with Gasteiger partial charge in [0.15, 0.2) is 5.65 Å². The highest BCUT2D eigenvalue weighted by Gasteiger charge is 2.36. The Bertz CT molecular complexity index is 923. The van der Waals surface area contributed by atoms with Gasteiger partial charge >= 0.3 is 6.18 Å². The molecule has 6 nitrogen and oxygen atoms in total. The molecule has 27 heavy (non-hydrogen) atoms. The predicted octanol–water partition coefficient (Wildman–Crippen LogP) is 3.79. The number of fused-ring (bicyclic) bond motifs is 1. The maximum Gasteiger partial charge on any atom is 0.418 e. The summed E-state index contributed by atoms with van der Waals surface area (Å²) in [6, 6.07) is 5.17. The van der Waals surface area contributed by atoms with Crippen molar-refractivity contribution >= 4 is 11.0 Å². The van der Waals surface area contributed by atoms with Gasteiger partial charge in [-0.25, -0.2) is 9.97 Å². The van der Waals surface area contributed by atoms with Crippen molar-refractivity contribution in [2.45, 2.75) is 32.5 Å². The second kappa shape index (κ2) is 7.51. The molecule has 0 aliphatic rings. The number of alkyl halides is 3. The molecule has 0 aromatic carbocycles. The SMILES string of the molecule is CC(C)C[C@@H](N)COc1ccc(C(F)(F)F)c(-c2n[nH]c3ncccc23)n1. The number of hydrogen-bond donors (Lipinski definition) is 2. The van der Waals surface area contributed by atoms with Crippen LogP contribution in [-0.2, 0) is 6.18 Å². The number of aromatic amines is 1. The van der Waals surface area contributed by atoms with E-state index in [1.807, 2.05) is 13.8 Å². The number of aromatic nitrogens is 4. The first-order valence-electron chi connectivity index (χ1n) is 8.51.